The molecule has 1 heterocycles. The van der Waals surface area contributed by atoms with Crippen LogP contribution < -0.4 is 0 Å². The molecule has 1 aliphatic carbocycles. The fourth-order valence-corrected chi connectivity index (χ4v) is 3.59. The van der Waals surface area contributed by atoms with E-state index in [1.165, 1.54) is 0 Å². The van der Waals surface area contributed by atoms with Crippen LogP contribution in [0, 0.1) is 11.8 Å². The van der Waals surface area contributed by atoms with Crippen LogP contribution in [0.5, 0.6) is 0 Å². The molecule has 90 valence electrons. The summed E-state index contributed by atoms with van der Waals surface area (Å²) in [6.07, 6.45) is -2.50. The van der Waals surface area contributed by atoms with Crippen LogP contribution in [0.4, 0.5) is 13.2 Å². The van der Waals surface area contributed by atoms with E-state index in [0.717, 1.165) is 6.08 Å². The fourth-order valence-electron chi connectivity index (χ4n) is 2.34. The molecule has 4 atom stereocenters. The summed E-state index contributed by atoms with van der Waals surface area (Å²) < 4.78 is 37.5. The fraction of sp³-hybridized carbons (Fsp3) is 0.700. The van der Waals surface area contributed by atoms with Gasteiger partial charge in [0.15, 0.2) is 5.52 Å². The minimum absolute atomic E-state index is 0.278. The van der Waals surface area contributed by atoms with Crippen LogP contribution in [0.1, 0.15) is 19.3 Å². The van der Waals surface area contributed by atoms with Crippen LogP contribution in [0.2, 0.25) is 0 Å². The highest BCUT2D eigenvalue weighted by atomic mass is 31.1. The molecule has 16 heavy (non-hydrogen) atoms. The summed E-state index contributed by atoms with van der Waals surface area (Å²) in [4.78, 5) is 11.6. The molecule has 0 radical (unpaired) electrons. The van der Waals surface area contributed by atoms with Crippen LogP contribution in [0.3, 0.4) is 0 Å². The lowest BCUT2D eigenvalue weighted by Gasteiger charge is -2.35. The number of carbonyl (C=O) groups excluding carboxylic acids is 1. The lowest BCUT2D eigenvalue weighted by atomic mass is 9.78. The number of aliphatic hydroxyl groups excluding tert-OH is 1. The van der Waals surface area contributed by atoms with E-state index in [0.29, 0.717) is 12.8 Å². The molecule has 0 aromatic heterocycles. The Kier molecular flexibility index (Phi) is 3.10. The third-order valence-corrected chi connectivity index (χ3v) is 4.49. The standard InChI is InChI=1S/C10H12F3O2P/c11-10(12,13)8-4-5-3-6(14)1-2-7(5)9(15)16-8/h4-7,14,16H,1-3H2. The van der Waals surface area contributed by atoms with Crippen molar-refractivity contribution < 1.29 is 23.1 Å². The number of fused-ring (bicyclic) bond motifs is 1. The first-order valence-electron chi connectivity index (χ1n) is 5.16. The summed E-state index contributed by atoms with van der Waals surface area (Å²) in [5, 5.41) is 8.69. The molecule has 0 aromatic rings. The molecular weight excluding hydrogens is 240 g/mol. The van der Waals surface area contributed by atoms with Crippen molar-refractivity contribution in [1.29, 1.82) is 0 Å². The van der Waals surface area contributed by atoms with Gasteiger partial charge >= 0.3 is 6.18 Å². The number of hydrogen-bond donors (Lipinski definition) is 1. The molecule has 1 aliphatic heterocycles. The van der Waals surface area contributed by atoms with Gasteiger partial charge in [-0.15, -0.1) is 0 Å². The van der Waals surface area contributed by atoms with Crippen molar-refractivity contribution in [3.8, 4) is 0 Å². The monoisotopic (exact) mass is 252 g/mol. The van der Waals surface area contributed by atoms with Crippen molar-refractivity contribution in [1.82, 2.24) is 0 Å². The van der Waals surface area contributed by atoms with Crippen LogP contribution in [0.25, 0.3) is 0 Å². The smallest absolute Gasteiger partial charge is 0.393 e. The Morgan fingerprint density at radius 1 is 1.38 bits per heavy atom. The van der Waals surface area contributed by atoms with Crippen LogP contribution in [-0.2, 0) is 4.79 Å². The predicted molar refractivity (Wildman–Crippen MR) is 54.3 cm³/mol. The third-order valence-electron chi connectivity index (χ3n) is 3.15. The van der Waals surface area contributed by atoms with Gasteiger partial charge in [0.25, 0.3) is 0 Å². The minimum Gasteiger partial charge on any atom is -0.393 e. The molecule has 0 amide bonds. The van der Waals surface area contributed by atoms with E-state index in [4.69, 9.17) is 0 Å². The van der Waals surface area contributed by atoms with E-state index in [1.54, 1.807) is 0 Å². The van der Waals surface area contributed by atoms with Crippen molar-refractivity contribution in [2.45, 2.75) is 31.5 Å². The van der Waals surface area contributed by atoms with E-state index >= 15 is 0 Å². The predicted octanol–water partition coefficient (Wildman–Crippen LogP) is 2.43. The Morgan fingerprint density at radius 2 is 2.06 bits per heavy atom. The molecule has 1 fully saturated rings. The van der Waals surface area contributed by atoms with Crippen molar-refractivity contribution in [3.63, 3.8) is 0 Å². The Morgan fingerprint density at radius 3 is 2.69 bits per heavy atom. The molecule has 2 rings (SSSR count). The van der Waals surface area contributed by atoms with E-state index in [9.17, 15) is 23.1 Å². The van der Waals surface area contributed by atoms with E-state index in [2.05, 4.69) is 0 Å². The van der Waals surface area contributed by atoms with Gasteiger partial charge in [-0.25, -0.2) is 0 Å². The van der Waals surface area contributed by atoms with Gasteiger partial charge in [0, 0.05) is 5.92 Å². The van der Waals surface area contributed by atoms with E-state index < -0.39 is 32.1 Å². The molecule has 2 aliphatic rings. The molecule has 1 N–H and O–H groups in total. The van der Waals surface area contributed by atoms with Gasteiger partial charge in [-0.05, 0) is 33.8 Å². The normalized spacial score (nSPS) is 37.1. The first kappa shape index (κ1) is 12.1. The summed E-state index contributed by atoms with van der Waals surface area (Å²) in [6, 6.07) is 0. The average Bonchev–Trinajstić information content (AvgIpc) is 2.15. The molecular formula is C10H12F3O2P. The zero-order valence-electron chi connectivity index (χ0n) is 8.42. The number of hydrogen-bond acceptors (Lipinski definition) is 2. The van der Waals surface area contributed by atoms with Gasteiger partial charge in [-0.1, -0.05) is 6.08 Å². The van der Waals surface area contributed by atoms with Gasteiger partial charge in [0.2, 0.25) is 0 Å². The van der Waals surface area contributed by atoms with Gasteiger partial charge in [-0.2, -0.15) is 13.2 Å². The number of carbonyl (C=O) groups is 1. The maximum absolute atomic E-state index is 12.5. The first-order chi connectivity index (χ1) is 7.38. The summed E-state index contributed by atoms with van der Waals surface area (Å²) in [7, 11) is -0.764. The van der Waals surface area contributed by atoms with Gasteiger partial charge < -0.3 is 5.11 Å². The molecule has 2 nitrogen and oxygen atoms in total. The SMILES string of the molecule is O=C1PC(C(F)(F)F)=CC2CC(O)CCC12. The topological polar surface area (TPSA) is 37.3 Å². The molecule has 0 saturated heterocycles. The summed E-state index contributed by atoms with van der Waals surface area (Å²) in [5.41, 5.74) is -0.299. The molecule has 1 saturated carbocycles. The first-order valence-corrected chi connectivity index (χ1v) is 6.16. The molecule has 4 unspecified atom stereocenters. The van der Waals surface area contributed by atoms with Crippen molar-refractivity contribution in [3.05, 3.63) is 11.4 Å². The molecule has 0 bridgehead atoms. The minimum atomic E-state index is -4.40. The number of alkyl halides is 3. The number of allylic oxidation sites excluding steroid dienone is 2. The Bertz CT molecular complexity index is 337. The lowest BCUT2D eigenvalue weighted by molar-refractivity contribution is -0.119. The van der Waals surface area contributed by atoms with Gasteiger partial charge in [-0.3, -0.25) is 4.79 Å². The zero-order valence-corrected chi connectivity index (χ0v) is 9.42. The molecule has 6 heteroatoms. The maximum atomic E-state index is 12.5. The highest BCUT2D eigenvalue weighted by Crippen LogP contribution is 2.49. The summed E-state index contributed by atoms with van der Waals surface area (Å²) in [5.74, 6) is -0.720. The van der Waals surface area contributed by atoms with Crippen LogP contribution in [-0.4, -0.2) is 22.9 Å². The Hall–Kier alpha value is -0.410. The average molecular weight is 252 g/mol. The highest BCUT2D eigenvalue weighted by molar-refractivity contribution is 7.62. The van der Waals surface area contributed by atoms with Gasteiger partial charge in [0.1, 0.15) is 0 Å². The number of aliphatic hydroxyl groups is 1. The van der Waals surface area contributed by atoms with E-state index in [1.807, 2.05) is 0 Å². The Balaban J connectivity index is 2.24. The quantitative estimate of drug-likeness (QED) is 0.672. The van der Waals surface area contributed by atoms with E-state index in [-0.39, 0.29) is 17.9 Å². The largest absolute Gasteiger partial charge is 0.416 e. The lowest BCUT2D eigenvalue weighted by Crippen LogP contribution is -2.33. The molecule has 0 aromatic carbocycles. The molecule has 0 spiro atoms. The van der Waals surface area contributed by atoms with Crippen molar-refractivity contribution in [2.75, 3.05) is 0 Å². The van der Waals surface area contributed by atoms with Crippen molar-refractivity contribution in [2.24, 2.45) is 11.8 Å². The maximum Gasteiger partial charge on any atom is 0.416 e. The second-order valence-electron chi connectivity index (χ2n) is 4.30. The number of halogens is 3. The van der Waals surface area contributed by atoms with Crippen LogP contribution >= 0.6 is 8.58 Å². The zero-order chi connectivity index (χ0) is 11.9. The summed E-state index contributed by atoms with van der Waals surface area (Å²) >= 11 is 0. The second kappa shape index (κ2) is 4.11. The Labute approximate surface area is 92.7 Å². The third kappa shape index (κ3) is 2.30. The number of rotatable bonds is 0. The van der Waals surface area contributed by atoms with Gasteiger partial charge in [0.05, 0.1) is 11.4 Å². The summed E-state index contributed by atoms with van der Waals surface area (Å²) in [6.45, 7) is 0. The second-order valence-corrected chi connectivity index (χ2v) is 5.59. The highest BCUT2D eigenvalue weighted by Gasteiger charge is 2.43. The van der Waals surface area contributed by atoms with Crippen LogP contribution in [0.15, 0.2) is 11.4 Å². The van der Waals surface area contributed by atoms with Crippen molar-refractivity contribution >= 4 is 14.1 Å².